The second-order valence-electron chi connectivity index (χ2n) is 14.5. The van der Waals surface area contributed by atoms with Gasteiger partial charge in [-0.1, -0.05) is 50.6 Å². The molecule has 1 aromatic carbocycles. The van der Waals surface area contributed by atoms with Crippen LogP contribution < -0.4 is 5.32 Å². The summed E-state index contributed by atoms with van der Waals surface area (Å²) < 4.78 is 5.00. The topological polar surface area (TPSA) is 82.2 Å². The number of benzene rings is 1. The lowest BCUT2D eigenvalue weighted by Gasteiger charge is -2.31. The van der Waals surface area contributed by atoms with Crippen molar-refractivity contribution < 1.29 is 19.1 Å². The third-order valence-corrected chi connectivity index (χ3v) is 8.85. The molecule has 5 rings (SSSR count). The second-order valence-corrected chi connectivity index (χ2v) is 14.9. The minimum absolute atomic E-state index is 0.234. The first-order valence-corrected chi connectivity index (χ1v) is 17.9. The molecule has 2 amide bonds. The van der Waals surface area contributed by atoms with Crippen LogP contribution in [0.4, 0.5) is 0 Å². The van der Waals surface area contributed by atoms with Gasteiger partial charge in [-0.2, -0.15) is 0 Å². The van der Waals surface area contributed by atoms with Gasteiger partial charge in [0.1, 0.15) is 6.29 Å². The Bertz CT molecular complexity index is 923. The van der Waals surface area contributed by atoms with Crippen molar-refractivity contribution in [3.05, 3.63) is 35.4 Å². The second kappa shape index (κ2) is 24.2. The van der Waals surface area contributed by atoms with Gasteiger partial charge < -0.3 is 24.6 Å². The van der Waals surface area contributed by atoms with Gasteiger partial charge in [0.25, 0.3) is 0 Å². The molecule has 264 valence electrons. The molecule has 3 heterocycles. The molecule has 1 aromatic rings. The molecule has 4 fully saturated rings. The quantitative estimate of drug-likeness (QED) is 0.359. The van der Waals surface area contributed by atoms with E-state index in [4.69, 9.17) is 16.3 Å². The van der Waals surface area contributed by atoms with Gasteiger partial charge in [-0.25, -0.2) is 0 Å². The molecule has 4 aliphatic rings. The van der Waals surface area contributed by atoms with Gasteiger partial charge in [-0.05, 0) is 116 Å². The summed E-state index contributed by atoms with van der Waals surface area (Å²) in [4.78, 5) is 38.4. The molecule has 1 N–H and O–H groups in total. The van der Waals surface area contributed by atoms with Crippen LogP contribution in [0, 0.1) is 17.8 Å². The zero-order chi connectivity index (χ0) is 34.4. The third-order valence-electron chi connectivity index (χ3n) is 8.60. The Kier molecular flexibility index (Phi) is 22.1. The Morgan fingerprint density at radius 2 is 1.54 bits per heavy atom. The summed E-state index contributed by atoms with van der Waals surface area (Å²) in [6, 6.07) is 9.90. The summed E-state index contributed by atoms with van der Waals surface area (Å²) in [6.45, 7) is 20.6. The fraction of sp³-hybridized carbons (Fsp3) is 0.757. The lowest BCUT2D eigenvalue weighted by atomic mass is 9.87. The highest BCUT2D eigenvalue weighted by Gasteiger charge is 2.29. The van der Waals surface area contributed by atoms with Crippen molar-refractivity contribution in [3.8, 4) is 0 Å². The van der Waals surface area contributed by atoms with Crippen molar-refractivity contribution in [2.75, 3.05) is 59.5 Å². The van der Waals surface area contributed by atoms with Gasteiger partial charge in [0.2, 0.25) is 12.3 Å². The minimum Gasteiger partial charge on any atom is -0.378 e. The molecular weight excluding hydrogens is 600 g/mol. The smallest absolute Gasteiger partial charge is 0.220 e. The number of ether oxygens (including phenoxy) is 1. The highest BCUT2D eigenvalue weighted by molar-refractivity contribution is 6.30. The number of aldehydes is 1. The van der Waals surface area contributed by atoms with E-state index >= 15 is 0 Å². The maximum Gasteiger partial charge on any atom is 0.220 e. The Labute approximate surface area is 285 Å². The number of nitrogens with zero attached hydrogens (tertiary/aromatic N) is 3. The summed E-state index contributed by atoms with van der Waals surface area (Å²) in [5, 5.41) is 3.93. The maximum atomic E-state index is 11.5. The fourth-order valence-corrected chi connectivity index (χ4v) is 5.69. The molecule has 46 heavy (non-hydrogen) atoms. The standard InChI is InChI=1S/C12H23NO.C9H17NO.C6H5Cl.C5H9NO2.C5H11N/c1-9(2)8-12(14)13-11-6-4-10(3)5-7-11;1-9(2,3)10-5-4-8(6-10)7-11;7-6-4-2-1-3-5-6;7-5-6-1-3-8-4-2-6;1-6-4-2-3-5-6/h9-11H,4-8H2,1-3H3,(H,13,14);7-8H,4-6H2,1-3H3;1-5H;5H,1-4H2;2-5H2,1H3/t;8-;;;/m.0.../s1. The van der Waals surface area contributed by atoms with Crippen LogP contribution in [-0.2, 0) is 19.1 Å². The molecule has 0 spiro atoms. The van der Waals surface area contributed by atoms with E-state index in [0.717, 1.165) is 56.2 Å². The largest absolute Gasteiger partial charge is 0.378 e. The van der Waals surface area contributed by atoms with Crippen LogP contribution in [-0.4, -0.2) is 104 Å². The molecule has 0 aromatic heterocycles. The van der Waals surface area contributed by atoms with E-state index in [2.05, 4.69) is 63.7 Å². The van der Waals surface area contributed by atoms with E-state index in [9.17, 15) is 14.4 Å². The lowest BCUT2D eigenvalue weighted by Crippen LogP contribution is -2.39. The summed E-state index contributed by atoms with van der Waals surface area (Å²) in [7, 11) is 2.17. The Balaban J connectivity index is 0.000000297. The minimum atomic E-state index is 0.234. The molecule has 3 aliphatic heterocycles. The molecule has 1 saturated carbocycles. The van der Waals surface area contributed by atoms with Crippen LogP contribution in [0.1, 0.15) is 92.9 Å². The molecule has 1 atom stereocenters. The number of carbonyl (C=O) groups is 3. The van der Waals surface area contributed by atoms with E-state index in [0.29, 0.717) is 31.6 Å². The van der Waals surface area contributed by atoms with Crippen LogP contribution >= 0.6 is 11.6 Å². The Morgan fingerprint density at radius 3 is 1.89 bits per heavy atom. The summed E-state index contributed by atoms with van der Waals surface area (Å²) in [5.41, 5.74) is 0.234. The molecule has 8 nitrogen and oxygen atoms in total. The van der Waals surface area contributed by atoms with Crippen LogP contribution in [0.25, 0.3) is 0 Å². The fourth-order valence-electron chi connectivity index (χ4n) is 5.54. The molecule has 3 saturated heterocycles. The Morgan fingerprint density at radius 1 is 0.957 bits per heavy atom. The van der Waals surface area contributed by atoms with E-state index in [-0.39, 0.29) is 17.4 Å². The number of rotatable bonds is 5. The average Bonchev–Trinajstić information content (AvgIpc) is 3.72. The highest BCUT2D eigenvalue weighted by Crippen LogP contribution is 2.24. The summed E-state index contributed by atoms with van der Waals surface area (Å²) in [6.07, 6.45) is 11.4. The third kappa shape index (κ3) is 21.0. The molecule has 0 radical (unpaired) electrons. The molecule has 1 aliphatic carbocycles. The number of nitrogens with one attached hydrogen (secondary N) is 1. The van der Waals surface area contributed by atoms with Crippen molar-refractivity contribution in [2.24, 2.45) is 17.8 Å². The maximum absolute atomic E-state index is 11.5. The van der Waals surface area contributed by atoms with E-state index in [1.165, 1.54) is 51.6 Å². The first-order chi connectivity index (χ1) is 21.8. The number of halogens is 1. The predicted molar refractivity (Wildman–Crippen MR) is 191 cm³/mol. The van der Waals surface area contributed by atoms with Gasteiger partial charge in [0.15, 0.2) is 0 Å². The monoisotopic (exact) mass is 664 g/mol. The summed E-state index contributed by atoms with van der Waals surface area (Å²) in [5.74, 6) is 1.85. The number of hydrogen-bond acceptors (Lipinski definition) is 6. The molecular formula is C37H65ClN4O4. The van der Waals surface area contributed by atoms with E-state index in [1.807, 2.05) is 30.3 Å². The highest BCUT2D eigenvalue weighted by atomic mass is 35.5. The molecule has 0 unspecified atom stereocenters. The zero-order valence-electron chi connectivity index (χ0n) is 30.0. The molecule has 9 heteroatoms. The number of hydrogen-bond donors (Lipinski definition) is 1. The van der Waals surface area contributed by atoms with Crippen LogP contribution in [0.2, 0.25) is 5.02 Å². The predicted octanol–water partition coefficient (Wildman–Crippen LogP) is 6.56. The molecule has 0 bridgehead atoms. The first kappa shape index (κ1) is 42.0. The number of likely N-dealkylation sites (tertiary alicyclic amines) is 2. The van der Waals surface area contributed by atoms with Gasteiger partial charge in [-0.3, -0.25) is 14.5 Å². The zero-order valence-corrected chi connectivity index (χ0v) is 30.8. The number of amides is 2. The first-order valence-electron chi connectivity index (χ1n) is 17.5. The van der Waals surface area contributed by atoms with Crippen LogP contribution in [0.3, 0.4) is 0 Å². The lowest BCUT2D eigenvalue weighted by molar-refractivity contribution is -0.123. The SMILES string of the molecule is CC(C)(C)N1CC[C@H](C=O)C1.CC(C)CC(=O)NC1CCC(C)CC1.CN1CCCC1.Clc1ccccc1.O=CN1CCOCC1. The van der Waals surface area contributed by atoms with E-state index in [1.54, 1.807) is 4.90 Å². The van der Waals surface area contributed by atoms with Crippen molar-refractivity contribution in [2.45, 2.75) is 104 Å². The van der Waals surface area contributed by atoms with Gasteiger partial charge in [0.05, 0.1) is 13.2 Å². The van der Waals surface area contributed by atoms with Crippen LogP contribution in [0.5, 0.6) is 0 Å². The van der Waals surface area contributed by atoms with Gasteiger partial charge >= 0.3 is 0 Å². The van der Waals surface area contributed by atoms with Crippen LogP contribution in [0.15, 0.2) is 30.3 Å². The number of morpholine rings is 1. The summed E-state index contributed by atoms with van der Waals surface area (Å²) >= 11 is 5.54. The van der Waals surface area contributed by atoms with Crippen molar-refractivity contribution in [3.63, 3.8) is 0 Å². The van der Waals surface area contributed by atoms with Crippen molar-refractivity contribution in [1.29, 1.82) is 0 Å². The average molecular weight is 665 g/mol. The number of carbonyl (C=O) groups excluding carboxylic acids is 3. The normalized spacial score (nSPS) is 23.2. The van der Waals surface area contributed by atoms with E-state index < -0.39 is 0 Å². The van der Waals surface area contributed by atoms with Crippen molar-refractivity contribution in [1.82, 2.24) is 20.0 Å². The van der Waals surface area contributed by atoms with Gasteiger partial charge in [-0.15, -0.1) is 0 Å². The van der Waals surface area contributed by atoms with Gasteiger partial charge in [0, 0.05) is 48.6 Å². The Hall–Kier alpha value is -2.00. The van der Waals surface area contributed by atoms with Crippen molar-refractivity contribution >= 4 is 30.2 Å².